The van der Waals surface area contributed by atoms with E-state index in [1.807, 2.05) is 53.1 Å². The Morgan fingerprint density at radius 3 is 2.44 bits per heavy atom. The van der Waals surface area contributed by atoms with Gasteiger partial charge in [0.15, 0.2) is 11.0 Å². The number of thioether (sulfide) groups is 1. The number of hydrogen-bond donors (Lipinski definition) is 0. The SMILES string of the molecule is CCOC(=O)CSc1nnc(-c2ccc(Br)cc2)n1-c1ccc(OC)cc1. The van der Waals surface area contributed by atoms with Crippen molar-refractivity contribution in [1.82, 2.24) is 14.8 Å². The van der Waals surface area contributed by atoms with Crippen LogP contribution in [0.2, 0.25) is 0 Å². The Kier molecular flexibility index (Phi) is 6.52. The van der Waals surface area contributed by atoms with E-state index in [2.05, 4.69) is 26.1 Å². The lowest BCUT2D eigenvalue weighted by Crippen LogP contribution is -2.08. The van der Waals surface area contributed by atoms with E-state index in [0.29, 0.717) is 17.6 Å². The van der Waals surface area contributed by atoms with Crippen LogP contribution < -0.4 is 4.74 Å². The van der Waals surface area contributed by atoms with Gasteiger partial charge in [-0.25, -0.2) is 0 Å². The molecule has 140 valence electrons. The third-order valence-electron chi connectivity index (χ3n) is 3.69. The Morgan fingerprint density at radius 2 is 1.81 bits per heavy atom. The molecule has 0 spiro atoms. The minimum absolute atomic E-state index is 0.169. The molecule has 0 aliphatic carbocycles. The quantitative estimate of drug-likeness (QED) is 0.395. The van der Waals surface area contributed by atoms with Gasteiger partial charge in [0.25, 0.3) is 0 Å². The summed E-state index contributed by atoms with van der Waals surface area (Å²) in [6.45, 7) is 2.14. The first-order valence-corrected chi connectivity index (χ1v) is 10.0. The zero-order valence-electron chi connectivity index (χ0n) is 14.9. The highest BCUT2D eigenvalue weighted by molar-refractivity contribution is 9.10. The molecule has 0 aliphatic heterocycles. The number of aromatic nitrogens is 3. The highest BCUT2D eigenvalue weighted by atomic mass is 79.9. The zero-order valence-corrected chi connectivity index (χ0v) is 17.3. The first-order valence-electron chi connectivity index (χ1n) is 8.26. The van der Waals surface area contributed by atoms with Gasteiger partial charge in [0, 0.05) is 15.7 Å². The van der Waals surface area contributed by atoms with Crippen LogP contribution in [0.25, 0.3) is 17.1 Å². The molecule has 1 heterocycles. The lowest BCUT2D eigenvalue weighted by molar-refractivity contribution is -0.139. The van der Waals surface area contributed by atoms with Gasteiger partial charge in [-0.1, -0.05) is 39.8 Å². The van der Waals surface area contributed by atoms with Crippen LogP contribution in [-0.2, 0) is 9.53 Å². The number of carbonyl (C=O) groups excluding carboxylic acids is 1. The average molecular weight is 448 g/mol. The smallest absolute Gasteiger partial charge is 0.316 e. The fraction of sp³-hybridized carbons (Fsp3) is 0.211. The van der Waals surface area contributed by atoms with Crippen molar-refractivity contribution in [3.8, 4) is 22.8 Å². The predicted molar refractivity (Wildman–Crippen MR) is 108 cm³/mol. The lowest BCUT2D eigenvalue weighted by Gasteiger charge is -2.11. The van der Waals surface area contributed by atoms with Crippen LogP contribution in [-0.4, -0.2) is 40.2 Å². The number of rotatable bonds is 7. The number of nitrogens with zero attached hydrogens (tertiary/aromatic N) is 3. The third kappa shape index (κ3) is 4.70. The zero-order chi connectivity index (χ0) is 19.2. The molecule has 3 aromatic rings. The molecule has 0 fully saturated rings. The van der Waals surface area contributed by atoms with E-state index >= 15 is 0 Å². The second-order valence-electron chi connectivity index (χ2n) is 5.44. The fourth-order valence-corrected chi connectivity index (χ4v) is 3.45. The topological polar surface area (TPSA) is 66.2 Å². The van der Waals surface area contributed by atoms with Crippen molar-refractivity contribution < 1.29 is 14.3 Å². The van der Waals surface area contributed by atoms with E-state index in [-0.39, 0.29) is 11.7 Å². The molecule has 27 heavy (non-hydrogen) atoms. The Bertz CT molecular complexity index is 911. The summed E-state index contributed by atoms with van der Waals surface area (Å²) in [7, 11) is 1.63. The predicted octanol–water partition coefficient (Wildman–Crippen LogP) is 4.36. The summed E-state index contributed by atoms with van der Waals surface area (Å²) in [4.78, 5) is 11.7. The van der Waals surface area contributed by atoms with Crippen LogP contribution in [0.4, 0.5) is 0 Å². The van der Waals surface area contributed by atoms with Crippen molar-refractivity contribution in [2.45, 2.75) is 12.1 Å². The van der Waals surface area contributed by atoms with Crippen molar-refractivity contribution >= 4 is 33.7 Å². The molecule has 0 N–H and O–H groups in total. The van der Waals surface area contributed by atoms with Gasteiger partial charge in [-0.3, -0.25) is 9.36 Å². The standard InChI is InChI=1S/C19H18BrN3O3S/c1-3-26-17(24)12-27-19-22-21-18(13-4-6-14(20)7-5-13)23(19)15-8-10-16(25-2)11-9-15/h4-11H,3,12H2,1-2H3. The molecule has 0 saturated heterocycles. The summed E-state index contributed by atoms with van der Waals surface area (Å²) in [6.07, 6.45) is 0. The number of ether oxygens (including phenoxy) is 2. The molecule has 0 aliphatic rings. The number of benzene rings is 2. The van der Waals surface area contributed by atoms with Crippen LogP contribution in [0.5, 0.6) is 5.75 Å². The second kappa shape index (κ2) is 9.05. The number of hydrogen-bond acceptors (Lipinski definition) is 6. The Balaban J connectivity index is 2.00. The minimum Gasteiger partial charge on any atom is -0.497 e. The number of halogens is 1. The molecule has 3 rings (SSSR count). The summed E-state index contributed by atoms with van der Waals surface area (Å²) < 4.78 is 13.2. The van der Waals surface area contributed by atoms with Gasteiger partial charge in [-0.2, -0.15) is 0 Å². The molecular formula is C19H18BrN3O3S. The molecule has 0 saturated carbocycles. The molecule has 0 unspecified atom stereocenters. The normalized spacial score (nSPS) is 10.6. The summed E-state index contributed by atoms with van der Waals surface area (Å²) in [5.41, 5.74) is 1.80. The van der Waals surface area contributed by atoms with Crippen molar-refractivity contribution in [2.75, 3.05) is 19.5 Å². The minimum atomic E-state index is -0.281. The highest BCUT2D eigenvalue weighted by Gasteiger charge is 2.17. The largest absolute Gasteiger partial charge is 0.497 e. The number of carbonyl (C=O) groups is 1. The maximum absolute atomic E-state index is 11.7. The highest BCUT2D eigenvalue weighted by Crippen LogP contribution is 2.29. The Morgan fingerprint density at radius 1 is 1.11 bits per heavy atom. The number of methoxy groups -OCH3 is 1. The average Bonchev–Trinajstić information content (AvgIpc) is 3.11. The van der Waals surface area contributed by atoms with E-state index < -0.39 is 0 Å². The van der Waals surface area contributed by atoms with Crippen LogP contribution in [0.1, 0.15) is 6.92 Å². The molecule has 8 heteroatoms. The van der Waals surface area contributed by atoms with E-state index in [1.54, 1.807) is 14.0 Å². The summed E-state index contributed by atoms with van der Waals surface area (Å²) >= 11 is 4.74. The van der Waals surface area contributed by atoms with Crippen molar-refractivity contribution in [3.05, 3.63) is 53.0 Å². The van der Waals surface area contributed by atoms with E-state index in [0.717, 1.165) is 21.5 Å². The van der Waals surface area contributed by atoms with Crippen molar-refractivity contribution in [2.24, 2.45) is 0 Å². The summed E-state index contributed by atoms with van der Waals surface area (Å²) in [5.74, 6) is 1.34. The second-order valence-corrected chi connectivity index (χ2v) is 7.30. The van der Waals surface area contributed by atoms with E-state index in [9.17, 15) is 4.79 Å². The van der Waals surface area contributed by atoms with Gasteiger partial charge in [0.1, 0.15) is 5.75 Å². The summed E-state index contributed by atoms with van der Waals surface area (Å²) in [5, 5.41) is 9.26. The lowest BCUT2D eigenvalue weighted by atomic mass is 10.2. The van der Waals surface area contributed by atoms with Crippen LogP contribution in [0.3, 0.4) is 0 Å². The third-order valence-corrected chi connectivity index (χ3v) is 5.12. The molecule has 0 amide bonds. The van der Waals surface area contributed by atoms with Gasteiger partial charge >= 0.3 is 5.97 Å². The fourth-order valence-electron chi connectivity index (χ4n) is 2.44. The monoisotopic (exact) mass is 447 g/mol. The molecule has 1 aromatic heterocycles. The van der Waals surface area contributed by atoms with Gasteiger partial charge < -0.3 is 9.47 Å². The van der Waals surface area contributed by atoms with E-state index in [1.165, 1.54) is 11.8 Å². The van der Waals surface area contributed by atoms with Gasteiger partial charge in [0.05, 0.1) is 19.5 Å². The Hall–Kier alpha value is -2.32. The van der Waals surface area contributed by atoms with Gasteiger partial charge in [-0.15, -0.1) is 10.2 Å². The first kappa shape index (κ1) is 19.4. The molecule has 0 atom stereocenters. The van der Waals surface area contributed by atoms with E-state index in [4.69, 9.17) is 9.47 Å². The summed E-state index contributed by atoms with van der Waals surface area (Å²) in [6, 6.07) is 15.4. The maximum atomic E-state index is 11.7. The van der Waals surface area contributed by atoms with Crippen LogP contribution in [0, 0.1) is 0 Å². The van der Waals surface area contributed by atoms with Crippen LogP contribution >= 0.6 is 27.7 Å². The molecule has 6 nitrogen and oxygen atoms in total. The van der Waals surface area contributed by atoms with Gasteiger partial charge in [-0.05, 0) is 43.3 Å². The van der Waals surface area contributed by atoms with Crippen molar-refractivity contribution in [3.63, 3.8) is 0 Å². The molecular weight excluding hydrogens is 430 g/mol. The first-order chi connectivity index (χ1) is 13.1. The molecule has 0 bridgehead atoms. The Labute approximate surface area is 170 Å². The number of esters is 1. The molecule has 0 radical (unpaired) electrons. The maximum Gasteiger partial charge on any atom is 0.316 e. The van der Waals surface area contributed by atoms with Gasteiger partial charge in [0.2, 0.25) is 0 Å². The van der Waals surface area contributed by atoms with Crippen molar-refractivity contribution in [1.29, 1.82) is 0 Å². The van der Waals surface area contributed by atoms with Crippen LogP contribution in [0.15, 0.2) is 58.2 Å². The molecule has 2 aromatic carbocycles.